The summed E-state index contributed by atoms with van der Waals surface area (Å²) in [4.78, 5) is 17.6. The van der Waals surface area contributed by atoms with Crippen molar-refractivity contribution in [1.82, 2.24) is 9.36 Å². The molecule has 6 nitrogen and oxygen atoms in total. The molecule has 4 aromatic rings. The minimum atomic E-state index is -0.177. The van der Waals surface area contributed by atoms with Gasteiger partial charge in [-0.1, -0.05) is 48.0 Å². The van der Waals surface area contributed by atoms with Gasteiger partial charge in [0.2, 0.25) is 0 Å². The lowest BCUT2D eigenvalue weighted by atomic mass is 10.2. The van der Waals surface area contributed by atoms with Crippen molar-refractivity contribution in [2.45, 2.75) is 13.5 Å². The Hall–Kier alpha value is -3.04. The van der Waals surface area contributed by atoms with Crippen molar-refractivity contribution < 1.29 is 9.47 Å². The zero-order valence-corrected chi connectivity index (χ0v) is 21.9. The smallest absolute Gasteiger partial charge is 0.297 e. The molecule has 3 aromatic carbocycles. The number of methoxy groups -OCH3 is 1. The van der Waals surface area contributed by atoms with Crippen molar-refractivity contribution >= 4 is 46.1 Å². The van der Waals surface area contributed by atoms with Crippen molar-refractivity contribution in [2.75, 3.05) is 7.11 Å². The molecule has 0 atom stereocenters. The van der Waals surface area contributed by atoms with E-state index in [2.05, 4.69) is 27.6 Å². The van der Waals surface area contributed by atoms with Gasteiger partial charge < -0.3 is 9.47 Å². The van der Waals surface area contributed by atoms with Crippen LogP contribution in [0.25, 0.3) is 5.69 Å². The standard InChI is InChI=1S/C26H23ClIN3O3/c1-17-24(26(32)31(30(17)2)20-10-5-4-6-11-20)29-15-18-13-22(28)25(23(14-18)33-3)34-16-19-9-7-8-12-21(19)27/h4-15H,16H2,1-3H3. The number of para-hydroxylation sites is 1. The Labute approximate surface area is 216 Å². The van der Waals surface area contributed by atoms with E-state index in [0.717, 1.165) is 26.1 Å². The number of rotatable bonds is 7. The molecule has 0 amide bonds. The Balaban J connectivity index is 1.63. The third kappa shape index (κ3) is 4.90. The fraction of sp³-hybridized carbons (Fsp3) is 0.154. The van der Waals surface area contributed by atoms with Gasteiger partial charge in [-0.2, -0.15) is 0 Å². The van der Waals surface area contributed by atoms with Gasteiger partial charge in [0.25, 0.3) is 5.56 Å². The second kappa shape index (κ2) is 10.5. The predicted octanol–water partition coefficient (Wildman–Crippen LogP) is 6.08. The molecule has 34 heavy (non-hydrogen) atoms. The highest BCUT2D eigenvalue weighted by Gasteiger charge is 2.16. The SMILES string of the molecule is COc1cc(C=Nc2c(C)n(C)n(-c3ccccc3)c2=O)cc(I)c1OCc1ccccc1Cl. The third-order valence-corrected chi connectivity index (χ3v) is 6.62. The number of ether oxygens (including phenoxy) is 2. The Morgan fingerprint density at radius 2 is 1.79 bits per heavy atom. The molecule has 0 fully saturated rings. The van der Waals surface area contributed by atoms with Gasteiger partial charge in [-0.15, -0.1) is 0 Å². The average molecular weight is 588 g/mol. The summed E-state index contributed by atoms with van der Waals surface area (Å²) in [6, 6.07) is 20.8. The molecule has 0 unspecified atom stereocenters. The molecule has 1 heterocycles. The summed E-state index contributed by atoms with van der Waals surface area (Å²) in [5.41, 5.74) is 3.45. The van der Waals surface area contributed by atoms with E-state index in [4.69, 9.17) is 21.1 Å². The lowest BCUT2D eigenvalue weighted by Crippen LogP contribution is -2.19. The molecule has 8 heteroatoms. The van der Waals surface area contributed by atoms with E-state index >= 15 is 0 Å². The number of nitrogens with zero attached hydrogens (tertiary/aromatic N) is 3. The quantitative estimate of drug-likeness (QED) is 0.195. The van der Waals surface area contributed by atoms with Gasteiger partial charge in [0, 0.05) is 23.8 Å². The van der Waals surface area contributed by atoms with Crippen LogP contribution in [-0.2, 0) is 13.7 Å². The first-order valence-corrected chi connectivity index (χ1v) is 12.0. The third-order valence-electron chi connectivity index (χ3n) is 5.45. The van der Waals surface area contributed by atoms with Crippen molar-refractivity contribution in [1.29, 1.82) is 0 Å². The highest BCUT2D eigenvalue weighted by Crippen LogP contribution is 2.34. The maximum atomic E-state index is 13.1. The minimum absolute atomic E-state index is 0.177. The van der Waals surface area contributed by atoms with Crippen LogP contribution in [0, 0.1) is 10.5 Å². The topological polar surface area (TPSA) is 57.8 Å². The van der Waals surface area contributed by atoms with Gasteiger partial charge in [-0.25, -0.2) is 9.67 Å². The molecule has 0 bridgehead atoms. The van der Waals surface area contributed by atoms with Crippen LogP contribution in [0.15, 0.2) is 76.5 Å². The van der Waals surface area contributed by atoms with Gasteiger partial charge in [-0.3, -0.25) is 9.48 Å². The molecule has 174 valence electrons. The molecular weight excluding hydrogens is 565 g/mol. The van der Waals surface area contributed by atoms with Crippen LogP contribution in [-0.4, -0.2) is 22.7 Å². The van der Waals surface area contributed by atoms with E-state index in [9.17, 15) is 4.79 Å². The van der Waals surface area contributed by atoms with Gasteiger partial charge in [-0.05, 0) is 65.4 Å². The second-order valence-electron chi connectivity index (χ2n) is 7.58. The number of hydrogen-bond donors (Lipinski definition) is 0. The molecule has 0 saturated heterocycles. The maximum Gasteiger partial charge on any atom is 0.297 e. The molecule has 1 aromatic heterocycles. The maximum absolute atomic E-state index is 13.1. The first-order valence-electron chi connectivity index (χ1n) is 10.5. The molecule has 0 saturated carbocycles. The molecule has 0 aliphatic heterocycles. The number of hydrogen-bond acceptors (Lipinski definition) is 4. The Kier molecular flexibility index (Phi) is 7.43. The lowest BCUT2D eigenvalue weighted by Gasteiger charge is -2.14. The Morgan fingerprint density at radius 3 is 2.50 bits per heavy atom. The number of aromatic nitrogens is 2. The monoisotopic (exact) mass is 587 g/mol. The highest BCUT2D eigenvalue weighted by molar-refractivity contribution is 14.1. The zero-order chi connectivity index (χ0) is 24.2. The van der Waals surface area contributed by atoms with Gasteiger partial charge >= 0.3 is 0 Å². The first-order chi connectivity index (χ1) is 16.4. The fourth-order valence-electron chi connectivity index (χ4n) is 3.56. The molecule has 0 spiro atoms. The molecule has 4 rings (SSSR count). The van der Waals surface area contributed by atoms with Crippen LogP contribution in [0.5, 0.6) is 11.5 Å². The van der Waals surface area contributed by atoms with Crippen molar-refractivity contribution in [3.8, 4) is 17.2 Å². The summed E-state index contributed by atoms with van der Waals surface area (Å²) in [5, 5.41) is 0.652. The summed E-state index contributed by atoms with van der Waals surface area (Å²) >= 11 is 8.45. The number of aliphatic imine (C=N–C) groups is 1. The van der Waals surface area contributed by atoms with E-state index in [1.807, 2.05) is 80.7 Å². The van der Waals surface area contributed by atoms with Crippen LogP contribution < -0.4 is 15.0 Å². The summed E-state index contributed by atoms with van der Waals surface area (Å²) < 4.78 is 15.9. The van der Waals surface area contributed by atoms with Gasteiger partial charge in [0.1, 0.15) is 6.61 Å². The fourth-order valence-corrected chi connectivity index (χ4v) is 4.53. The second-order valence-corrected chi connectivity index (χ2v) is 9.15. The normalized spacial score (nSPS) is 11.2. The van der Waals surface area contributed by atoms with Crippen molar-refractivity contribution in [2.24, 2.45) is 12.0 Å². The van der Waals surface area contributed by atoms with E-state index in [0.29, 0.717) is 28.8 Å². The zero-order valence-electron chi connectivity index (χ0n) is 19.0. The summed E-state index contributed by atoms with van der Waals surface area (Å²) in [5.74, 6) is 1.20. The molecular formula is C26H23ClIN3O3. The largest absolute Gasteiger partial charge is 0.493 e. The van der Waals surface area contributed by atoms with Crippen LogP contribution >= 0.6 is 34.2 Å². The molecule has 0 aliphatic rings. The van der Waals surface area contributed by atoms with Gasteiger partial charge in [0.15, 0.2) is 17.2 Å². The summed E-state index contributed by atoms with van der Waals surface area (Å²) in [6.07, 6.45) is 1.67. The predicted molar refractivity (Wildman–Crippen MR) is 144 cm³/mol. The van der Waals surface area contributed by atoms with Crippen LogP contribution in [0.3, 0.4) is 0 Å². The minimum Gasteiger partial charge on any atom is -0.493 e. The number of benzene rings is 3. The number of halogens is 2. The van der Waals surface area contributed by atoms with Crippen LogP contribution in [0.1, 0.15) is 16.8 Å². The lowest BCUT2D eigenvalue weighted by molar-refractivity contribution is 0.282. The molecule has 0 radical (unpaired) electrons. The van der Waals surface area contributed by atoms with Crippen LogP contribution in [0.2, 0.25) is 5.02 Å². The van der Waals surface area contributed by atoms with Gasteiger partial charge in [0.05, 0.1) is 22.1 Å². The Bertz CT molecular complexity index is 1410. The average Bonchev–Trinajstić information content (AvgIpc) is 3.05. The summed E-state index contributed by atoms with van der Waals surface area (Å²) in [6.45, 7) is 2.20. The highest BCUT2D eigenvalue weighted by atomic mass is 127. The Morgan fingerprint density at radius 1 is 1.09 bits per heavy atom. The molecule has 0 N–H and O–H groups in total. The van der Waals surface area contributed by atoms with Crippen molar-refractivity contribution in [3.63, 3.8) is 0 Å². The van der Waals surface area contributed by atoms with E-state index in [1.165, 1.54) is 0 Å². The van der Waals surface area contributed by atoms with E-state index < -0.39 is 0 Å². The van der Waals surface area contributed by atoms with E-state index in [-0.39, 0.29) is 5.56 Å². The van der Waals surface area contributed by atoms with E-state index in [1.54, 1.807) is 22.7 Å². The first kappa shape index (κ1) is 24.1. The van der Waals surface area contributed by atoms with Crippen molar-refractivity contribution in [3.05, 3.63) is 102 Å². The van der Waals surface area contributed by atoms with Crippen LogP contribution in [0.4, 0.5) is 5.69 Å². The molecule has 0 aliphatic carbocycles. The summed E-state index contributed by atoms with van der Waals surface area (Å²) in [7, 11) is 3.44.